The lowest BCUT2D eigenvalue weighted by atomic mass is 10.2. The fraction of sp³-hybridized carbons (Fsp3) is 0.381. The number of hydrogen-bond acceptors (Lipinski definition) is 5. The SMILES string of the molecule is CC[C@@H](Oc1ccc(N(C)S(C)(=O)=O)cc1)C(=O)NCCN(C)c1ccccc1. The summed E-state index contributed by atoms with van der Waals surface area (Å²) in [6.07, 6.45) is 1.05. The van der Waals surface area contributed by atoms with Crippen LogP contribution >= 0.6 is 0 Å². The summed E-state index contributed by atoms with van der Waals surface area (Å²) >= 11 is 0. The quantitative estimate of drug-likeness (QED) is 0.640. The average molecular weight is 420 g/mol. The number of rotatable bonds is 10. The van der Waals surface area contributed by atoms with Crippen LogP contribution in [0.4, 0.5) is 11.4 Å². The van der Waals surface area contributed by atoms with E-state index >= 15 is 0 Å². The number of sulfonamides is 1. The van der Waals surface area contributed by atoms with Gasteiger partial charge in [0.25, 0.3) is 5.91 Å². The first-order valence-corrected chi connectivity index (χ1v) is 11.3. The zero-order chi connectivity index (χ0) is 21.4. The molecule has 1 N–H and O–H groups in total. The predicted molar refractivity (Wildman–Crippen MR) is 117 cm³/mol. The third-order valence-electron chi connectivity index (χ3n) is 4.58. The van der Waals surface area contributed by atoms with Crippen molar-refractivity contribution in [3.8, 4) is 5.75 Å². The van der Waals surface area contributed by atoms with E-state index in [9.17, 15) is 13.2 Å². The van der Waals surface area contributed by atoms with Crippen LogP contribution in [0.25, 0.3) is 0 Å². The molecule has 0 radical (unpaired) electrons. The molecule has 0 fully saturated rings. The average Bonchev–Trinajstić information content (AvgIpc) is 2.71. The van der Waals surface area contributed by atoms with Crippen LogP contribution in [0.3, 0.4) is 0 Å². The highest BCUT2D eigenvalue weighted by atomic mass is 32.2. The number of likely N-dealkylation sites (N-methyl/N-ethyl adjacent to an activating group) is 1. The maximum absolute atomic E-state index is 12.5. The van der Waals surface area contributed by atoms with Crippen molar-refractivity contribution in [2.45, 2.75) is 19.4 Å². The molecule has 2 aromatic carbocycles. The lowest BCUT2D eigenvalue weighted by molar-refractivity contribution is -0.128. The standard InChI is InChI=1S/C21H29N3O4S/c1-5-20(21(25)22-15-16-23(2)17-9-7-6-8-10-17)28-19-13-11-18(12-14-19)24(3)29(4,26)27/h6-14,20H,5,15-16H2,1-4H3,(H,22,25)/t20-/m1/s1. The number of amides is 1. The smallest absolute Gasteiger partial charge is 0.261 e. The molecule has 158 valence electrons. The summed E-state index contributed by atoms with van der Waals surface area (Å²) in [6, 6.07) is 16.6. The van der Waals surface area contributed by atoms with Crippen molar-refractivity contribution in [3.05, 3.63) is 54.6 Å². The van der Waals surface area contributed by atoms with Crippen LogP contribution in [-0.4, -0.2) is 53.9 Å². The largest absolute Gasteiger partial charge is 0.481 e. The number of nitrogens with one attached hydrogen (secondary N) is 1. The first-order valence-electron chi connectivity index (χ1n) is 9.47. The predicted octanol–water partition coefficient (Wildman–Crippen LogP) is 2.49. The molecular weight excluding hydrogens is 390 g/mol. The lowest BCUT2D eigenvalue weighted by Gasteiger charge is -2.21. The fourth-order valence-corrected chi connectivity index (χ4v) is 3.19. The Bertz CT molecular complexity index is 886. The van der Waals surface area contributed by atoms with Crippen molar-refractivity contribution < 1.29 is 17.9 Å². The van der Waals surface area contributed by atoms with Gasteiger partial charge in [-0.15, -0.1) is 0 Å². The second-order valence-electron chi connectivity index (χ2n) is 6.79. The maximum Gasteiger partial charge on any atom is 0.261 e. The third-order valence-corrected chi connectivity index (χ3v) is 5.79. The summed E-state index contributed by atoms with van der Waals surface area (Å²) in [5.74, 6) is 0.338. The van der Waals surface area contributed by atoms with Crippen molar-refractivity contribution >= 4 is 27.3 Å². The second kappa shape index (κ2) is 10.2. The molecule has 0 saturated carbocycles. The molecule has 29 heavy (non-hydrogen) atoms. The highest BCUT2D eigenvalue weighted by Gasteiger charge is 2.18. The van der Waals surface area contributed by atoms with Crippen molar-refractivity contribution in [1.82, 2.24) is 5.32 Å². The summed E-state index contributed by atoms with van der Waals surface area (Å²) in [4.78, 5) is 14.5. The molecule has 0 saturated heterocycles. The number of hydrogen-bond donors (Lipinski definition) is 1. The normalized spacial score (nSPS) is 12.1. The van der Waals surface area contributed by atoms with E-state index in [4.69, 9.17) is 4.74 Å². The minimum Gasteiger partial charge on any atom is -0.481 e. The fourth-order valence-electron chi connectivity index (χ4n) is 2.68. The van der Waals surface area contributed by atoms with E-state index in [-0.39, 0.29) is 5.91 Å². The lowest BCUT2D eigenvalue weighted by Crippen LogP contribution is -2.41. The molecule has 8 heteroatoms. The molecule has 1 atom stereocenters. The van der Waals surface area contributed by atoms with E-state index in [0.29, 0.717) is 30.9 Å². The Morgan fingerprint density at radius 3 is 2.21 bits per heavy atom. The third kappa shape index (κ3) is 6.67. The van der Waals surface area contributed by atoms with Gasteiger partial charge in [0.15, 0.2) is 6.10 Å². The molecule has 0 unspecified atom stereocenters. The van der Waals surface area contributed by atoms with Gasteiger partial charge in [-0.25, -0.2) is 8.42 Å². The van der Waals surface area contributed by atoms with Gasteiger partial charge < -0.3 is 15.0 Å². The zero-order valence-electron chi connectivity index (χ0n) is 17.3. The Hall–Kier alpha value is -2.74. The van der Waals surface area contributed by atoms with Crippen LogP contribution < -0.4 is 19.3 Å². The van der Waals surface area contributed by atoms with Crippen LogP contribution in [0.15, 0.2) is 54.6 Å². The first kappa shape index (κ1) is 22.5. The number of benzene rings is 2. The number of carbonyl (C=O) groups is 1. The molecule has 0 aliphatic heterocycles. The summed E-state index contributed by atoms with van der Waals surface area (Å²) in [6.45, 7) is 3.06. The first-order chi connectivity index (χ1) is 13.7. The van der Waals surface area contributed by atoms with Crippen LogP contribution in [0, 0.1) is 0 Å². The van der Waals surface area contributed by atoms with Crippen LogP contribution in [-0.2, 0) is 14.8 Å². The second-order valence-corrected chi connectivity index (χ2v) is 8.80. The summed E-state index contributed by atoms with van der Waals surface area (Å²) in [7, 11) is 0.140. The van der Waals surface area contributed by atoms with Crippen molar-refractivity contribution in [1.29, 1.82) is 0 Å². The van der Waals surface area contributed by atoms with E-state index in [1.165, 1.54) is 11.4 Å². The van der Waals surface area contributed by atoms with Crippen molar-refractivity contribution in [2.75, 3.05) is 42.6 Å². The molecule has 7 nitrogen and oxygen atoms in total. The van der Waals surface area contributed by atoms with E-state index in [0.717, 1.165) is 11.9 Å². The molecule has 0 aliphatic carbocycles. The highest BCUT2D eigenvalue weighted by molar-refractivity contribution is 7.92. The Balaban J connectivity index is 1.88. The Morgan fingerprint density at radius 2 is 1.66 bits per heavy atom. The molecule has 0 spiro atoms. The molecule has 0 aliphatic rings. The van der Waals surface area contributed by atoms with Crippen molar-refractivity contribution in [3.63, 3.8) is 0 Å². The van der Waals surface area contributed by atoms with Gasteiger partial charge in [-0.2, -0.15) is 0 Å². The van der Waals surface area contributed by atoms with Gasteiger partial charge in [0.05, 0.1) is 11.9 Å². The Kier molecular flexibility index (Phi) is 7.90. The van der Waals surface area contributed by atoms with Gasteiger partial charge in [0, 0.05) is 32.9 Å². The minimum absolute atomic E-state index is 0.175. The Labute approximate surface area is 173 Å². The molecule has 0 bridgehead atoms. The van der Waals surface area contributed by atoms with Gasteiger partial charge >= 0.3 is 0 Å². The van der Waals surface area contributed by atoms with E-state index in [1.807, 2.05) is 44.3 Å². The summed E-state index contributed by atoms with van der Waals surface area (Å²) in [5, 5.41) is 2.91. The number of ether oxygens (including phenoxy) is 1. The number of carbonyl (C=O) groups excluding carboxylic acids is 1. The van der Waals surface area contributed by atoms with E-state index < -0.39 is 16.1 Å². The number of para-hydroxylation sites is 1. The highest BCUT2D eigenvalue weighted by Crippen LogP contribution is 2.21. The van der Waals surface area contributed by atoms with Crippen LogP contribution in [0.1, 0.15) is 13.3 Å². The van der Waals surface area contributed by atoms with Crippen LogP contribution in [0.5, 0.6) is 5.75 Å². The molecule has 0 aromatic heterocycles. The number of anilines is 2. The molecule has 2 rings (SSSR count). The van der Waals surface area contributed by atoms with Gasteiger partial charge in [-0.1, -0.05) is 25.1 Å². The van der Waals surface area contributed by atoms with Crippen LogP contribution in [0.2, 0.25) is 0 Å². The van der Waals surface area contributed by atoms with Crippen molar-refractivity contribution in [2.24, 2.45) is 0 Å². The van der Waals surface area contributed by atoms with Gasteiger partial charge in [-0.05, 0) is 42.8 Å². The van der Waals surface area contributed by atoms with E-state index in [2.05, 4.69) is 10.2 Å². The Morgan fingerprint density at radius 1 is 1.03 bits per heavy atom. The van der Waals surface area contributed by atoms with Gasteiger partial charge in [0.1, 0.15) is 5.75 Å². The van der Waals surface area contributed by atoms with Gasteiger partial charge in [-0.3, -0.25) is 9.10 Å². The molecule has 2 aromatic rings. The summed E-state index contributed by atoms with van der Waals surface area (Å²) in [5.41, 5.74) is 1.62. The molecule has 1 amide bonds. The van der Waals surface area contributed by atoms with E-state index in [1.54, 1.807) is 24.3 Å². The molecular formula is C21H29N3O4S. The monoisotopic (exact) mass is 419 g/mol. The van der Waals surface area contributed by atoms with Gasteiger partial charge in [0.2, 0.25) is 10.0 Å². The topological polar surface area (TPSA) is 78.9 Å². The number of nitrogens with zero attached hydrogens (tertiary/aromatic N) is 2. The maximum atomic E-state index is 12.5. The minimum atomic E-state index is -3.32. The molecule has 0 heterocycles. The summed E-state index contributed by atoms with van der Waals surface area (Å²) < 4.78 is 30.2. The zero-order valence-corrected chi connectivity index (χ0v) is 18.1.